The molecule has 0 aliphatic rings. The number of primary amides is 1. The fourth-order valence-corrected chi connectivity index (χ4v) is 1.49. The van der Waals surface area contributed by atoms with Crippen LogP contribution in [0.3, 0.4) is 0 Å². The summed E-state index contributed by atoms with van der Waals surface area (Å²) in [5.74, 6) is 0.411. The molecular formula is C15H25IN4O. The van der Waals surface area contributed by atoms with Gasteiger partial charge in [-0.15, -0.1) is 24.0 Å². The summed E-state index contributed by atoms with van der Waals surface area (Å²) in [6.45, 7) is 4.67. The number of carbonyl (C=O) groups is 1. The molecule has 0 spiro atoms. The van der Waals surface area contributed by atoms with Gasteiger partial charge in [0, 0.05) is 20.6 Å². The number of rotatable bonds is 5. The summed E-state index contributed by atoms with van der Waals surface area (Å²) in [5.41, 5.74) is 5.90. The predicted molar refractivity (Wildman–Crippen MR) is 97.7 cm³/mol. The van der Waals surface area contributed by atoms with E-state index in [-0.39, 0.29) is 29.9 Å². The molecule has 1 aromatic carbocycles. The van der Waals surface area contributed by atoms with Gasteiger partial charge in [-0.3, -0.25) is 4.79 Å². The Balaban J connectivity index is 0.00000400. The van der Waals surface area contributed by atoms with E-state index in [1.54, 1.807) is 0 Å². The molecule has 0 saturated heterocycles. The molecule has 3 N–H and O–H groups in total. The van der Waals surface area contributed by atoms with Crippen molar-refractivity contribution in [2.45, 2.75) is 20.4 Å². The highest BCUT2D eigenvalue weighted by molar-refractivity contribution is 14.0. The normalized spacial score (nSPS) is 11.5. The molecule has 0 atom stereocenters. The van der Waals surface area contributed by atoms with E-state index in [0.717, 1.165) is 11.5 Å². The number of hydrogen-bond donors (Lipinski definition) is 2. The molecule has 0 fully saturated rings. The summed E-state index contributed by atoms with van der Waals surface area (Å²) in [7, 11) is 3.82. The van der Waals surface area contributed by atoms with E-state index in [1.807, 2.05) is 63.2 Å². The van der Waals surface area contributed by atoms with Gasteiger partial charge >= 0.3 is 0 Å². The average molecular weight is 404 g/mol. The quantitative estimate of drug-likeness (QED) is 0.447. The topological polar surface area (TPSA) is 70.7 Å². The van der Waals surface area contributed by atoms with Crippen LogP contribution in [0.5, 0.6) is 0 Å². The lowest BCUT2D eigenvalue weighted by Crippen LogP contribution is -2.46. The number of amides is 1. The molecular weight excluding hydrogens is 379 g/mol. The molecule has 0 saturated carbocycles. The Kier molecular flexibility index (Phi) is 8.31. The summed E-state index contributed by atoms with van der Waals surface area (Å²) < 4.78 is 0. The molecule has 0 aliphatic carbocycles. The van der Waals surface area contributed by atoms with E-state index in [2.05, 4.69) is 10.3 Å². The number of guanidine groups is 1. The Morgan fingerprint density at radius 2 is 1.86 bits per heavy atom. The van der Waals surface area contributed by atoms with Crippen molar-refractivity contribution in [1.82, 2.24) is 10.2 Å². The van der Waals surface area contributed by atoms with Gasteiger partial charge in [-0.1, -0.05) is 30.3 Å². The van der Waals surface area contributed by atoms with Crippen LogP contribution in [0.4, 0.5) is 0 Å². The van der Waals surface area contributed by atoms with E-state index in [9.17, 15) is 4.79 Å². The number of carbonyl (C=O) groups excluding carboxylic acids is 1. The summed E-state index contributed by atoms with van der Waals surface area (Å²) in [6, 6.07) is 10.0. The second-order valence-electron chi connectivity index (χ2n) is 5.62. The third kappa shape index (κ3) is 6.79. The minimum absolute atomic E-state index is 0. The number of aliphatic imine (C=N–C) groups is 1. The molecule has 0 aliphatic heterocycles. The minimum Gasteiger partial charge on any atom is -0.369 e. The number of nitrogens with zero attached hydrogens (tertiary/aromatic N) is 2. The van der Waals surface area contributed by atoms with Crippen molar-refractivity contribution in [3.63, 3.8) is 0 Å². The zero-order valence-corrected chi connectivity index (χ0v) is 15.4. The summed E-state index contributed by atoms with van der Waals surface area (Å²) in [6.07, 6.45) is 0. The zero-order valence-electron chi connectivity index (χ0n) is 13.1. The van der Waals surface area contributed by atoms with Crippen LogP contribution < -0.4 is 11.1 Å². The Labute approximate surface area is 144 Å². The van der Waals surface area contributed by atoms with Crippen LogP contribution in [0.1, 0.15) is 19.4 Å². The van der Waals surface area contributed by atoms with Crippen molar-refractivity contribution in [3.05, 3.63) is 35.9 Å². The summed E-state index contributed by atoms with van der Waals surface area (Å²) in [5, 5.41) is 3.19. The standard InChI is InChI=1S/C15H24N4O.HI/c1-15(2,13(16)20)11-18-14(19(3)4)17-10-12-8-6-5-7-9-12;/h5-9H,10-11H2,1-4H3,(H2,16,20)(H,17,18);1H. The number of nitrogens with two attached hydrogens (primary N) is 1. The summed E-state index contributed by atoms with van der Waals surface area (Å²) in [4.78, 5) is 17.7. The van der Waals surface area contributed by atoms with Crippen LogP contribution in [0.15, 0.2) is 35.3 Å². The molecule has 21 heavy (non-hydrogen) atoms. The molecule has 1 rings (SSSR count). The maximum atomic E-state index is 11.3. The highest BCUT2D eigenvalue weighted by Crippen LogP contribution is 2.12. The van der Waals surface area contributed by atoms with Gasteiger partial charge in [0.15, 0.2) is 5.96 Å². The Morgan fingerprint density at radius 3 is 2.33 bits per heavy atom. The monoisotopic (exact) mass is 404 g/mol. The lowest BCUT2D eigenvalue weighted by Gasteiger charge is -2.24. The van der Waals surface area contributed by atoms with Crippen molar-refractivity contribution < 1.29 is 4.79 Å². The van der Waals surface area contributed by atoms with Crippen LogP contribution in [0, 0.1) is 5.41 Å². The maximum Gasteiger partial charge on any atom is 0.224 e. The highest BCUT2D eigenvalue weighted by atomic mass is 127. The Hall–Kier alpha value is -1.31. The van der Waals surface area contributed by atoms with Crippen molar-refractivity contribution in [3.8, 4) is 0 Å². The Morgan fingerprint density at radius 1 is 1.29 bits per heavy atom. The van der Waals surface area contributed by atoms with Gasteiger partial charge in [0.1, 0.15) is 0 Å². The van der Waals surface area contributed by atoms with Crippen molar-refractivity contribution in [1.29, 1.82) is 0 Å². The largest absolute Gasteiger partial charge is 0.369 e. The van der Waals surface area contributed by atoms with E-state index in [4.69, 9.17) is 5.73 Å². The van der Waals surface area contributed by atoms with Gasteiger partial charge < -0.3 is 16.0 Å². The summed E-state index contributed by atoms with van der Waals surface area (Å²) >= 11 is 0. The van der Waals surface area contributed by atoms with Crippen LogP contribution in [0.25, 0.3) is 0 Å². The minimum atomic E-state index is -0.608. The van der Waals surface area contributed by atoms with Crippen LogP contribution >= 0.6 is 24.0 Å². The third-order valence-corrected chi connectivity index (χ3v) is 3.03. The molecule has 0 aromatic heterocycles. The van der Waals surface area contributed by atoms with Gasteiger partial charge in [0.25, 0.3) is 0 Å². The van der Waals surface area contributed by atoms with Crippen molar-refractivity contribution in [2.75, 3.05) is 20.6 Å². The van der Waals surface area contributed by atoms with Gasteiger partial charge in [0.05, 0.1) is 12.0 Å². The molecule has 1 aromatic rings. The first-order valence-corrected chi connectivity index (χ1v) is 6.62. The van der Waals surface area contributed by atoms with Crippen LogP contribution in [-0.2, 0) is 11.3 Å². The highest BCUT2D eigenvalue weighted by Gasteiger charge is 2.25. The first-order valence-electron chi connectivity index (χ1n) is 6.62. The first-order chi connectivity index (χ1) is 9.33. The molecule has 0 unspecified atom stereocenters. The molecule has 118 valence electrons. The van der Waals surface area contributed by atoms with Gasteiger partial charge in [-0.25, -0.2) is 4.99 Å². The van der Waals surface area contributed by atoms with E-state index in [1.165, 1.54) is 0 Å². The van der Waals surface area contributed by atoms with E-state index >= 15 is 0 Å². The number of benzene rings is 1. The molecule has 5 nitrogen and oxygen atoms in total. The van der Waals surface area contributed by atoms with Gasteiger partial charge in [0.2, 0.25) is 5.91 Å². The van der Waals surface area contributed by atoms with Crippen molar-refractivity contribution in [2.24, 2.45) is 16.1 Å². The van der Waals surface area contributed by atoms with Gasteiger partial charge in [-0.2, -0.15) is 0 Å². The molecule has 1 amide bonds. The smallest absolute Gasteiger partial charge is 0.224 e. The predicted octanol–water partition coefficient (Wildman–Crippen LogP) is 1.82. The van der Waals surface area contributed by atoms with Crippen molar-refractivity contribution >= 4 is 35.8 Å². The van der Waals surface area contributed by atoms with E-state index < -0.39 is 5.41 Å². The molecule has 0 heterocycles. The Bertz CT molecular complexity index is 472. The third-order valence-electron chi connectivity index (χ3n) is 3.03. The second kappa shape index (κ2) is 8.86. The molecule has 0 bridgehead atoms. The lowest BCUT2D eigenvalue weighted by atomic mass is 9.93. The second-order valence-corrected chi connectivity index (χ2v) is 5.62. The lowest BCUT2D eigenvalue weighted by molar-refractivity contribution is -0.125. The zero-order chi connectivity index (χ0) is 15.2. The maximum absolute atomic E-state index is 11.3. The van der Waals surface area contributed by atoms with E-state index in [0.29, 0.717) is 13.1 Å². The average Bonchev–Trinajstić information content (AvgIpc) is 2.39. The SMILES string of the molecule is CN(C)C(=NCc1ccccc1)NCC(C)(C)C(N)=O.I. The number of halogens is 1. The number of nitrogens with one attached hydrogen (secondary N) is 1. The fraction of sp³-hybridized carbons (Fsp3) is 0.467. The molecule has 0 radical (unpaired) electrons. The van der Waals surface area contributed by atoms with Crippen LogP contribution in [0.2, 0.25) is 0 Å². The first kappa shape index (κ1) is 19.7. The van der Waals surface area contributed by atoms with Crippen LogP contribution in [-0.4, -0.2) is 37.4 Å². The molecule has 6 heteroatoms. The fourth-order valence-electron chi connectivity index (χ4n) is 1.49. The van der Waals surface area contributed by atoms with Gasteiger partial charge in [-0.05, 0) is 19.4 Å². The number of hydrogen-bond acceptors (Lipinski definition) is 2.